The van der Waals surface area contributed by atoms with E-state index in [-0.39, 0.29) is 28.2 Å². The van der Waals surface area contributed by atoms with Gasteiger partial charge in [0.25, 0.3) is 15.9 Å². The van der Waals surface area contributed by atoms with Gasteiger partial charge in [0.2, 0.25) is 0 Å². The average molecular weight is 444 g/mol. The van der Waals surface area contributed by atoms with Gasteiger partial charge in [-0.15, -0.1) is 0 Å². The summed E-state index contributed by atoms with van der Waals surface area (Å²) in [7, 11) is -4.11. The van der Waals surface area contributed by atoms with E-state index in [1.54, 1.807) is 6.92 Å². The maximum Gasteiger partial charge on any atom is 0.416 e. The highest BCUT2D eigenvalue weighted by Gasteiger charge is 2.30. The second kappa shape index (κ2) is 9.38. The van der Waals surface area contributed by atoms with Gasteiger partial charge in [0.15, 0.2) is 6.10 Å². The number of ether oxygens (including phenoxy) is 1. The quantitative estimate of drug-likeness (QED) is 0.644. The zero-order valence-electron chi connectivity index (χ0n) is 16.7. The molecule has 0 spiro atoms. The lowest BCUT2D eigenvalue weighted by Gasteiger charge is -2.16. The molecule has 2 aromatic carbocycles. The van der Waals surface area contributed by atoms with Crippen LogP contribution in [0.1, 0.15) is 26.3 Å². The van der Waals surface area contributed by atoms with Crippen molar-refractivity contribution in [1.29, 1.82) is 0 Å². The largest absolute Gasteiger partial charge is 0.481 e. The van der Waals surface area contributed by atoms with Gasteiger partial charge in [0, 0.05) is 12.2 Å². The molecular formula is C20H23F3N2O4S. The van der Waals surface area contributed by atoms with E-state index in [1.807, 2.05) is 13.8 Å². The standard InChI is InChI=1S/C20H23F3N2O4S/c1-13(2)12-24-19(26)14(3)29-17-7-9-18(10-8-17)30(27,28)25-16-6-4-5-15(11-16)20(21,22)23/h4-11,13-14,25H,12H2,1-3H3,(H,24,26)/t14-/m0/s1. The second-order valence-electron chi connectivity index (χ2n) is 7.05. The van der Waals surface area contributed by atoms with Crippen LogP contribution in [0, 0.1) is 5.92 Å². The van der Waals surface area contributed by atoms with Crippen LogP contribution in [-0.2, 0) is 21.0 Å². The molecule has 0 aliphatic rings. The Kier molecular flexibility index (Phi) is 7.35. The second-order valence-corrected chi connectivity index (χ2v) is 8.74. The summed E-state index contributed by atoms with van der Waals surface area (Å²) in [5.74, 6) is 0.266. The molecule has 10 heteroatoms. The van der Waals surface area contributed by atoms with Gasteiger partial charge in [-0.1, -0.05) is 19.9 Å². The first-order valence-corrected chi connectivity index (χ1v) is 10.6. The van der Waals surface area contributed by atoms with E-state index in [9.17, 15) is 26.4 Å². The monoisotopic (exact) mass is 444 g/mol. The topological polar surface area (TPSA) is 84.5 Å². The van der Waals surface area contributed by atoms with Crippen LogP contribution in [0.3, 0.4) is 0 Å². The third-order valence-electron chi connectivity index (χ3n) is 3.94. The molecule has 1 amide bonds. The molecule has 164 valence electrons. The molecule has 0 bridgehead atoms. The lowest BCUT2D eigenvalue weighted by molar-refractivity contribution is -0.137. The number of amides is 1. The molecule has 0 saturated heterocycles. The number of alkyl halides is 3. The highest BCUT2D eigenvalue weighted by Crippen LogP contribution is 2.31. The van der Waals surface area contributed by atoms with Gasteiger partial charge in [-0.3, -0.25) is 9.52 Å². The number of hydrogen-bond acceptors (Lipinski definition) is 4. The molecule has 2 aromatic rings. The van der Waals surface area contributed by atoms with Crippen LogP contribution in [0.5, 0.6) is 5.75 Å². The summed E-state index contributed by atoms with van der Waals surface area (Å²) in [4.78, 5) is 11.8. The summed E-state index contributed by atoms with van der Waals surface area (Å²) in [6.45, 7) is 5.98. The smallest absolute Gasteiger partial charge is 0.416 e. The molecule has 0 aliphatic heterocycles. The Bertz CT molecular complexity index is 974. The summed E-state index contributed by atoms with van der Waals surface area (Å²) in [5, 5.41) is 2.73. The van der Waals surface area contributed by atoms with Gasteiger partial charge in [-0.05, 0) is 55.3 Å². The Morgan fingerprint density at radius 2 is 1.70 bits per heavy atom. The van der Waals surface area contributed by atoms with Crippen molar-refractivity contribution in [3.63, 3.8) is 0 Å². The average Bonchev–Trinajstić information content (AvgIpc) is 2.65. The SMILES string of the molecule is CC(C)CNC(=O)[C@H](C)Oc1ccc(S(=O)(=O)Nc2cccc(C(F)(F)F)c2)cc1. The molecule has 0 heterocycles. The first kappa shape index (κ1) is 23.5. The zero-order valence-corrected chi connectivity index (χ0v) is 17.5. The van der Waals surface area contributed by atoms with Crippen LogP contribution < -0.4 is 14.8 Å². The van der Waals surface area contributed by atoms with Crippen molar-refractivity contribution in [2.75, 3.05) is 11.3 Å². The van der Waals surface area contributed by atoms with E-state index in [4.69, 9.17) is 4.74 Å². The Labute approximate surface area is 173 Å². The summed E-state index contributed by atoms with van der Waals surface area (Å²) in [6, 6.07) is 9.12. The van der Waals surface area contributed by atoms with Crippen LogP contribution in [0.4, 0.5) is 18.9 Å². The van der Waals surface area contributed by atoms with Crippen molar-refractivity contribution in [1.82, 2.24) is 5.32 Å². The number of carbonyl (C=O) groups is 1. The van der Waals surface area contributed by atoms with E-state index in [1.165, 1.54) is 30.3 Å². The fraction of sp³-hybridized carbons (Fsp3) is 0.350. The molecule has 2 N–H and O–H groups in total. The Morgan fingerprint density at radius 1 is 1.07 bits per heavy atom. The van der Waals surface area contributed by atoms with Crippen LogP contribution >= 0.6 is 0 Å². The maximum absolute atomic E-state index is 12.8. The van der Waals surface area contributed by atoms with Crippen LogP contribution in [0.15, 0.2) is 53.4 Å². The van der Waals surface area contributed by atoms with Gasteiger partial charge < -0.3 is 10.1 Å². The minimum Gasteiger partial charge on any atom is -0.481 e. The van der Waals surface area contributed by atoms with Gasteiger partial charge in [0.05, 0.1) is 10.5 Å². The number of benzene rings is 2. The van der Waals surface area contributed by atoms with E-state index >= 15 is 0 Å². The van der Waals surface area contributed by atoms with Crippen molar-refractivity contribution in [2.45, 2.75) is 37.9 Å². The molecule has 0 radical (unpaired) electrons. The molecule has 2 rings (SSSR count). The molecule has 0 unspecified atom stereocenters. The molecule has 0 fully saturated rings. The number of rotatable bonds is 8. The number of sulfonamides is 1. The minimum atomic E-state index is -4.58. The third kappa shape index (κ3) is 6.65. The predicted molar refractivity (Wildman–Crippen MR) is 107 cm³/mol. The van der Waals surface area contributed by atoms with Crippen LogP contribution in [-0.4, -0.2) is 27.0 Å². The molecule has 1 atom stereocenters. The summed E-state index contributed by atoms with van der Waals surface area (Å²) in [6.07, 6.45) is -5.37. The molecule has 0 aliphatic carbocycles. The van der Waals surface area contributed by atoms with E-state index in [0.29, 0.717) is 12.6 Å². The molecule has 6 nitrogen and oxygen atoms in total. The summed E-state index contributed by atoms with van der Waals surface area (Å²) < 4.78 is 70.9. The van der Waals surface area contributed by atoms with Gasteiger partial charge in [-0.25, -0.2) is 8.42 Å². The summed E-state index contributed by atoms with van der Waals surface area (Å²) >= 11 is 0. The van der Waals surface area contributed by atoms with E-state index in [0.717, 1.165) is 12.1 Å². The van der Waals surface area contributed by atoms with Crippen molar-refractivity contribution in [2.24, 2.45) is 5.92 Å². The number of anilines is 1. The highest BCUT2D eigenvalue weighted by molar-refractivity contribution is 7.92. The Hall–Kier alpha value is -2.75. The van der Waals surface area contributed by atoms with Crippen LogP contribution in [0.25, 0.3) is 0 Å². The first-order valence-electron chi connectivity index (χ1n) is 9.13. The lowest BCUT2D eigenvalue weighted by atomic mass is 10.2. The molecule has 0 aromatic heterocycles. The van der Waals surface area contributed by atoms with Crippen molar-refractivity contribution in [3.8, 4) is 5.75 Å². The van der Waals surface area contributed by atoms with Gasteiger partial charge in [-0.2, -0.15) is 13.2 Å². The number of carbonyl (C=O) groups excluding carboxylic acids is 1. The first-order chi connectivity index (χ1) is 13.9. The van der Waals surface area contributed by atoms with Crippen molar-refractivity contribution in [3.05, 3.63) is 54.1 Å². The maximum atomic E-state index is 12.8. The molecule has 30 heavy (non-hydrogen) atoms. The lowest BCUT2D eigenvalue weighted by Crippen LogP contribution is -2.38. The fourth-order valence-electron chi connectivity index (χ4n) is 2.38. The van der Waals surface area contributed by atoms with Crippen molar-refractivity contribution < 1.29 is 31.1 Å². The Balaban J connectivity index is 2.07. The zero-order chi connectivity index (χ0) is 22.5. The minimum absolute atomic E-state index is 0.163. The van der Waals surface area contributed by atoms with Gasteiger partial charge in [0.1, 0.15) is 5.75 Å². The number of nitrogens with one attached hydrogen (secondary N) is 2. The normalized spacial score (nSPS) is 13.0. The predicted octanol–water partition coefficient (Wildman–Crippen LogP) is 4.05. The van der Waals surface area contributed by atoms with E-state index < -0.39 is 27.9 Å². The highest BCUT2D eigenvalue weighted by atomic mass is 32.2. The van der Waals surface area contributed by atoms with Gasteiger partial charge >= 0.3 is 6.18 Å². The Morgan fingerprint density at radius 3 is 2.27 bits per heavy atom. The van der Waals surface area contributed by atoms with E-state index in [2.05, 4.69) is 10.0 Å². The third-order valence-corrected chi connectivity index (χ3v) is 5.34. The summed E-state index contributed by atoms with van der Waals surface area (Å²) in [5.41, 5.74) is -1.17. The molecule has 0 saturated carbocycles. The molecular weight excluding hydrogens is 421 g/mol. The number of hydrogen-bond donors (Lipinski definition) is 2. The fourth-order valence-corrected chi connectivity index (χ4v) is 3.43. The van der Waals surface area contributed by atoms with Crippen molar-refractivity contribution >= 4 is 21.6 Å². The van der Waals surface area contributed by atoms with Crippen LogP contribution in [0.2, 0.25) is 0 Å². The number of halogens is 3.